The summed E-state index contributed by atoms with van der Waals surface area (Å²) in [6.07, 6.45) is 0. The third-order valence-electron chi connectivity index (χ3n) is 5.27. The van der Waals surface area contributed by atoms with Crippen LogP contribution in [-0.2, 0) is 16.1 Å². The number of carbonyl (C=O) groups excluding carboxylic acids is 2. The maximum atomic E-state index is 12.5. The normalized spacial score (nSPS) is 16.9. The van der Waals surface area contributed by atoms with Gasteiger partial charge in [0.1, 0.15) is 11.5 Å². The Balaban J connectivity index is 1.24. The topological polar surface area (TPSA) is 83.1 Å². The third-order valence-corrected chi connectivity index (χ3v) is 5.27. The number of benzene rings is 2. The van der Waals surface area contributed by atoms with Crippen LogP contribution in [-0.4, -0.2) is 68.1 Å². The van der Waals surface area contributed by atoms with Crippen molar-refractivity contribution in [2.24, 2.45) is 0 Å². The van der Waals surface area contributed by atoms with Crippen LogP contribution in [0.1, 0.15) is 5.56 Å². The molecular weight excluding hydrogens is 384 g/mol. The van der Waals surface area contributed by atoms with E-state index in [-0.39, 0.29) is 18.4 Å². The molecule has 0 aliphatic carbocycles. The Hall–Kier alpha value is -3.10. The zero-order chi connectivity index (χ0) is 20.9. The molecule has 158 valence electrons. The molecule has 4 rings (SSSR count). The molecule has 0 unspecified atom stereocenters. The summed E-state index contributed by atoms with van der Waals surface area (Å²) < 4.78 is 10.7. The first-order valence-electron chi connectivity index (χ1n) is 10.0. The molecule has 8 heteroatoms. The number of methoxy groups -OCH3 is 1. The lowest BCUT2D eigenvalue weighted by molar-refractivity contribution is -0.119. The van der Waals surface area contributed by atoms with Gasteiger partial charge in [-0.3, -0.25) is 19.4 Å². The summed E-state index contributed by atoms with van der Waals surface area (Å²) in [5.41, 5.74) is 2.51. The standard InChI is InChI=1S/C22H26N4O4/c1-29-18-4-2-3-16(11-18)13-25-7-9-26(10-8-25)14-21(27)23-17-5-6-19-20(12-17)30-15-22(28)24-19/h2-6,11-12H,7-10,13-15H2,1H3,(H,23,27)(H,24,28). The molecule has 0 saturated carbocycles. The van der Waals surface area contributed by atoms with Crippen molar-refractivity contribution in [1.82, 2.24) is 9.80 Å². The van der Waals surface area contributed by atoms with E-state index in [4.69, 9.17) is 9.47 Å². The van der Waals surface area contributed by atoms with Crippen molar-refractivity contribution in [3.8, 4) is 11.5 Å². The van der Waals surface area contributed by atoms with Gasteiger partial charge in [-0.05, 0) is 29.8 Å². The van der Waals surface area contributed by atoms with Crippen molar-refractivity contribution in [3.63, 3.8) is 0 Å². The molecule has 1 fully saturated rings. The number of carbonyl (C=O) groups is 2. The van der Waals surface area contributed by atoms with Crippen LogP contribution in [0.5, 0.6) is 11.5 Å². The van der Waals surface area contributed by atoms with Crippen molar-refractivity contribution in [1.29, 1.82) is 0 Å². The summed E-state index contributed by atoms with van der Waals surface area (Å²) in [6.45, 7) is 4.73. The SMILES string of the molecule is COc1cccc(CN2CCN(CC(=O)Nc3ccc4c(c3)OCC(=O)N4)CC2)c1. The lowest BCUT2D eigenvalue weighted by Gasteiger charge is -2.34. The van der Waals surface area contributed by atoms with E-state index in [1.54, 1.807) is 25.3 Å². The average molecular weight is 410 g/mol. The Morgan fingerprint density at radius 3 is 2.73 bits per heavy atom. The van der Waals surface area contributed by atoms with Gasteiger partial charge >= 0.3 is 0 Å². The Labute approximate surface area is 175 Å². The van der Waals surface area contributed by atoms with Crippen LogP contribution in [0.3, 0.4) is 0 Å². The van der Waals surface area contributed by atoms with Gasteiger partial charge in [-0.15, -0.1) is 0 Å². The number of ether oxygens (including phenoxy) is 2. The number of anilines is 2. The van der Waals surface area contributed by atoms with E-state index >= 15 is 0 Å². The van der Waals surface area contributed by atoms with Gasteiger partial charge in [0.25, 0.3) is 5.91 Å². The van der Waals surface area contributed by atoms with Crippen LogP contribution >= 0.6 is 0 Å². The highest BCUT2D eigenvalue weighted by molar-refractivity contribution is 5.97. The molecule has 0 atom stereocenters. The van der Waals surface area contributed by atoms with E-state index in [0.29, 0.717) is 23.7 Å². The first-order valence-corrected chi connectivity index (χ1v) is 10.0. The van der Waals surface area contributed by atoms with Gasteiger partial charge in [-0.1, -0.05) is 12.1 Å². The number of amides is 2. The van der Waals surface area contributed by atoms with Crippen molar-refractivity contribution in [2.45, 2.75) is 6.54 Å². The van der Waals surface area contributed by atoms with Crippen molar-refractivity contribution >= 4 is 23.2 Å². The molecule has 2 aliphatic heterocycles. The quantitative estimate of drug-likeness (QED) is 0.756. The summed E-state index contributed by atoms with van der Waals surface area (Å²) >= 11 is 0. The summed E-state index contributed by atoms with van der Waals surface area (Å²) in [6, 6.07) is 13.4. The molecule has 2 heterocycles. The zero-order valence-electron chi connectivity index (χ0n) is 17.0. The number of hydrogen-bond donors (Lipinski definition) is 2. The van der Waals surface area contributed by atoms with E-state index in [1.807, 2.05) is 12.1 Å². The molecule has 0 radical (unpaired) electrons. The van der Waals surface area contributed by atoms with Crippen molar-refractivity contribution in [3.05, 3.63) is 48.0 Å². The third kappa shape index (κ3) is 5.08. The van der Waals surface area contributed by atoms with Crippen LogP contribution < -0.4 is 20.1 Å². The van der Waals surface area contributed by atoms with E-state index < -0.39 is 0 Å². The fraction of sp³-hybridized carbons (Fsp3) is 0.364. The second-order valence-electron chi connectivity index (χ2n) is 7.50. The predicted molar refractivity (Wildman–Crippen MR) is 114 cm³/mol. The molecule has 30 heavy (non-hydrogen) atoms. The molecule has 2 aliphatic rings. The maximum Gasteiger partial charge on any atom is 0.262 e. The highest BCUT2D eigenvalue weighted by Crippen LogP contribution is 2.30. The van der Waals surface area contributed by atoms with Gasteiger partial charge in [0.2, 0.25) is 5.91 Å². The Morgan fingerprint density at radius 2 is 1.93 bits per heavy atom. The molecule has 2 aromatic carbocycles. The number of fused-ring (bicyclic) bond motifs is 1. The fourth-order valence-electron chi connectivity index (χ4n) is 3.69. The summed E-state index contributed by atoms with van der Waals surface area (Å²) in [5.74, 6) is 1.21. The minimum Gasteiger partial charge on any atom is -0.497 e. The molecule has 1 saturated heterocycles. The van der Waals surface area contributed by atoms with Crippen molar-refractivity contribution < 1.29 is 19.1 Å². The predicted octanol–water partition coefficient (Wildman–Crippen LogP) is 1.78. The smallest absolute Gasteiger partial charge is 0.262 e. The molecule has 2 amide bonds. The zero-order valence-corrected chi connectivity index (χ0v) is 17.0. The highest BCUT2D eigenvalue weighted by Gasteiger charge is 2.20. The monoisotopic (exact) mass is 410 g/mol. The largest absolute Gasteiger partial charge is 0.497 e. The van der Waals surface area contributed by atoms with Gasteiger partial charge in [-0.2, -0.15) is 0 Å². The van der Waals surface area contributed by atoms with Crippen LogP contribution in [0.2, 0.25) is 0 Å². The second kappa shape index (κ2) is 9.15. The van der Waals surface area contributed by atoms with E-state index in [1.165, 1.54) is 5.56 Å². The molecule has 2 N–H and O–H groups in total. The Morgan fingerprint density at radius 1 is 1.13 bits per heavy atom. The van der Waals surface area contributed by atoms with Crippen LogP contribution in [0.4, 0.5) is 11.4 Å². The number of rotatable bonds is 6. The highest BCUT2D eigenvalue weighted by atomic mass is 16.5. The first kappa shape index (κ1) is 20.2. The molecule has 0 spiro atoms. The lowest BCUT2D eigenvalue weighted by Crippen LogP contribution is -2.48. The minimum atomic E-state index is -0.176. The van der Waals surface area contributed by atoms with Crippen LogP contribution in [0.25, 0.3) is 0 Å². The average Bonchev–Trinajstić information content (AvgIpc) is 2.75. The summed E-state index contributed by atoms with van der Waals surface area (Å²) in [7, 11) is 1.68. The van der Waals surface area contributed by atoms with Gasteiger partial charge in [-0.25, -0.2) is 0 Å². The lowest BCUT2D eigenvalue weighted by atomic mass is 10.2. The molecule has 2 aromatic rings. The van der Waals surface area contributed by atoms with Crippen LogP contribution in [0.15, 0.2) is 42.5 Å². The Kier molecular flexibility index (Phi) is 6.15. The molecule has 8 nitrogen and oxygen atoms in total. The number of piperazine rings is 1. The number of nitrogens with zero attached hydrogens (tertiary/aromatic N) is 2. The summed E-state index contributed by atoms with van der Waals surface area (Å²) in [5, 5.41) is 5.65. The summed E-state index contributed by atoms with van der Waals surface area (Å²) in [4.78, 5) is 28.3. The first-order chi connectivity index (χ1) is 14.6. The van der Waals surface area contributed by atoms with E-state index in [2.05, 4.69) is 32.6 Å². The molecule has 0 bridgehead atoms. The fourth-order valence-corrected chi connectivity index (χ4v) is 3.69. The number of hydrogen-bond acceptors (Lipinski definition) is 6. The number of nitrogens with one attached hydrogen (secondary N) is 2. The van der Waals surface area contributed by atoms with Crippen LogP contribution in [0, 0.1) is 0 Å². The molecule has 0 aromatic heterocycles. The maximum absolute atomic E-state index is 12.5. The van der Waals surface area contributed by atoms with E-state index in [9.17, 15) is 9.59 Å². The Bertz CT molecular complexity index is 925. The van der Waals surface area contributed by atoms with Crippen molar-refractivity contribution in [2.75, 3.05) is 57.1 Å². The minimum absolute atomic E-state index is 0.00948. The molecular formula is C22H26N4O4. The van der Waals surface area contributed by atoms with Gasteiger partial charge < -0.3 is 20.1 Å². The van der Waals surface area contributed by atoms with Gasteiger partial charge in [0.15, 0.2) is 6.61 Å². The van der Waals surface area contributed by atoms with Gasteiger partial charge in [0, 0.05) is 44.5 Å². The van der Waals surface area contributed by atoms with Gasteiger partial charge in [0.05, 0.1) is 19.3 Å². The second-order valence-corrected chi connectivity index (χ2v) is 7.50. The van der Waals surface area contributed by atoms with E-state index in [0.717, 1.165) is 38.5 Å².